The maximum Gasteiger partial charge on any atom is 0.323 e. The number of carbonyl (C=O) groups is 2. The number of aliphatic carboxylic acids is 1. The average Bonchev–Trinajstić information content (AvgIpc) is 3.09. The molecule has 0 heterocycles. The van der Waals surface area contributed by atoms with Crippen LogP contribution in [0.3, 0.4) is 0 Å². The Labute approximate surface area is 104 Å². The monoisotopic (exact) mass is 251 g/mol. The first-order valence-electron chi connectivity index (χ1n) is 5.69. The molecule has 1 saturated carbocycles. The van der Waals surface area contributed by atoms with Crippen molar-refractivity contribution in [2.45, 2.75) is 18.3 Å². The van der Waals surface area contributed by atoms with E-state index in [1.807, 2.05) is 0 Å². The largest absolute Gasteiger partial charge is 0.480 e. The van der Waals surface area contributed by atoms with Gasteiger partial charge in [-0.3, -0.25) is 9.59 Å². The first-order valence-corrected chi connectivity index (χ1v) is 5.69. The van der Waals surface area contributed by atoms with Gasteiger partial charge in [0.25, 0.3) is 0 Å². The molecule has 0 aliphatic heterocycles. The van der Waals surface area contributed by atoms with Crippen LogP contribution in [-0.4, -0.2) is 35.5 Å². The molecule has 96 valence electrons. The Hall–Kier alpha value is -1.91. The van der Waals surface area contributed by atoms with Crippen molar-refractivity contribution in [2.75, 3.05) is 13.6 Å². The minimum Gasteiger partial charge on any atom is -0.480 e. The van der Waals surface area contributed by atoms with Crippen molar-refractivity contribution in [1.29, 1.82) is 0 Å². The van der Waals surface area contributed by atoms with Crippen LogP contribution < -0.4 is 0 Å². The van der Waals surface area contributed by atoms with Gasteiger partial charge in [-0.1, -0.05) is 12.1 Å². The molecule has 2 rings (SSSR count). The van der Waals surface area contributed by atoms with Crippen LogP contribution in [0.25, 0.3) is 0 Å². The van der Waals surface area contributed by atoms with Gasteiger partial charge in [0.2, 0.25) is 5.91 Å². The molecule has 4 nitrogen and oxygen atoms in total. The van der Waals surface area contributed by atoms with Crippen LogP contribution in [-0.2, 0) is 15.0 Å². The molecular formula is C13H14FNO3. The lowest BCUT2D eigenvalue weighted by Gasteiger charge is -2.22. The molecule has 0 bridgehead atoms. The highest BCUT2D eigenvalue weighted by atomic mass is 19.1. The van der Waals surface area contributed by atoms with Gasteiger partial charge >= 0.3 is 5.97 Å². The summed E-state index contributed by atoms with van der Waals surface area (Å²) >= 11 is 0. The number of carboxylic acids is 1. The Morgan fingerprint density at radius 1 is 1.33 bits per heavy atom. The fourth-order valence-corrected chi connectivity index (χ4v) is 2.16. The van der Waals surface area contributed by atoms with Gasteiger partial charge in [-0.15, -0.1) is 0 Å². The summed E-state index contributed by atoms with van der Waals surface area (Å²) in [7, 11) is 1.47. The molecule has 18 heavy (non-hydrogen) atoms. The predicted octanol–water partition coefficient (Wildman–Crippen LogP) is 1.40. The van der Waals surface area contributed by atoms with Crippen molar-refractivity contribution in [3.05, 3.63) is 35.6 Å². The fourth-order valence-electron chi connectivity index (χ4n) is 2.16. The molecule has 0 spiro atoms. The van der Waals surface area contributed by atoms with Gasteiger partial charge in [-0.05, 0) is 30.5 Å². The van der Waals surface area contributed by atoms with E-state index >= 15 is 0 Å². The molecule has 1 amide bonds. The molecule has 1 aromatic carbocycles. The Morgan fingerprint density at radius 3 is 2.33 bits per heavy atom. The highest BCUT2D eigenvalue weighted by Crippen LogP contribution is 2.49. The second-order valence-electron chi connectivity index (χ2n) is 4.64. The molecule has 1 aliphatic carbocycles. The van der Waals surface area contributed by atoms with Crippen LogP contribution >= 0.6 is 0 Å². The number of carboxylic acid groups (broad SMARTS) is 1. The number of carbonyl (C=O) groups excluding carboxylic acids is 1. The van der Waals surface area contributed by atoms with E-state index in [0.717, 1.165) is 5.56 Å². The highest BCUT2D eigenvalue weighted by molar-refractivity contribution is 5.92. The zero-order valence-electron chi connectivity index (χ0n) is 10.0. The van der Waals surface area contributed by atoms with E-state index in [1.54, 1.807) is 12.1 Å². The van der Waals surface area contributed by atoms with Crippen LogP contribution in [0.2, 0.25) is 0 Å². The van der Waals surface area contributed by atoms with Crippen LogP contribution in [0.4, 0.5) is 4.39 Å². The van der Waals surface area contributed by atoms with Crippen LogP contribution in [0.15, 0.2) is 24.3 Å². The van der Waals surface area contributed by atoms with Crippen LogP contribution in [0.1, 0.15) is 18.4 Å². The molecule has 0 aromatic heterocycles. The molecule has 1 N–H and O–H groups in total. The lowest BCUT2D eigenvalue weighted by molar-refractivity contribution is -0.144. The van der Waals surface area contributed by atoms with Crippen LogP contribution in [0.5, 0.6) is 0 Å². The van der Waals surface area contributed by atoms with Gasteiger partial charge in [0.1, 0.15) is 12.4 Å². The third kappa shape index (κ3) is 2.20. The van der Waals surface area contributed by atoms with Crippen molar-refractivity contribution in [3.8, 4) is 0 Å². The van der Waals surface area contributed by atoms with Gasteiger partial charge in [-0.2, -0.15) is 0 Å². The Bertz CT molecular complexity index is 480. The summed E-state index contributed by atoms with van der Waals surface area (Å²) in [5.74, 6) is -1.60. The molecule has 0 atom stereocenters. The Balaban J connectivity index is 2.19. The summed E-state index contributed by atoms with van der Waals surface area (Å²) in [5, 5.41) is 8.68. The summed E-state index contributed by atoms with van der Waals surface area (Å²) in [6.07, 6.45) is 1.36. The van der Waals surface area contributed by atoms with Crippen molar-refractivity contribution >= 4 is 11.9 Å². The Kier molecular flexibility index (Phi) is 3.07. The van der Waals surface area contributed by atoms with Gasteiger partial charge in [0, 0.05) is 7.05 Å². The van der Waals surface area contributed by atoms with Crippen molar-refractivity contribution in [3.63, 3.8) is 0 Å². The summed E-state index contributed by atoms with van der Waals surface area (Å²) in [6.45, 7) is -0.318. The first-order chi connectivity index (χ1) is 8.45. The number of halogens is 1. The lowest BCUT2D eigenvalue weighted by Crippen LogP contribution is -2.39. The maximum atomic E-state index is 12.9. The van der Waals surface area contributed by atoms with E-state index in [2.05, 4.69) is 0 Å². The molecule has 0 saturated heterocycles. The van der Waals surface area contributed by atoms with E-state index in [4.69, 9.17) is 5.11 Å². The summed E-state index contributed by atoms with van der Waals surface area (Å²) in [4.78, 5) is 24.0. The summed E-state index contributed by atoms with van der Waals surface area (Å²) in [6, 6.07) is 5.82. The SMILES string of the molecule is CN(CC(=O)O)C(=O)C1(c2ccc(F)cc2)CC1. The second kappa shape index (κ2) is 4.40. The van der Waals surface area contributed by atoms with E-state index in [-0.39, 0.29) is 18.3 Å². The van der Waals surface area contributed by atoms with Crippen molar-refractivity contribution in [2.24, 2.45) is 0 Å². The quantitative estimate of drug-likeness (QED) is 0.880. The average molecular weight is 251 g/mol. The fraction of sp³-hybridized carbons (Fsp3) is 0.385. The van der Waals surface area contributed by atoms with Gasteiger partial charge < -0.3 is 10.0 Å². The number of rotatable bonds is 4. The van der Waals surface area contributed by atoms with Crippen LogP contribution in [0, 0.1) is 5.82 Å². The third-order valence-electron chi connectivity index (χ3n) is 3.28. The number of benzene rings is 1. The normalized spacial score (nSPS) is 16.1. The molecule has 1 aromatic rings. The van der Waals surface area contributed by atoms with Crippen molar-refractivity contribution in [1.82, 2.24) is 4.90 Å². The molecular weight excluding hydrogens is 237 g/mol. The second-order valence-corrected chi connectivity index (χ2v) is 4.64. The molecule has 0 radical (unpaired) electrons. The number of hydrogen-bond acceptors (Lipinski definition) is 2. The number of amides is 1. The minimum absolute atomic E-state index is 0.212. The molecule has 1 aliphatic rings. The molecule has 5 heteroatoms. The summed E-state index contributed by atoms with van der Waals surface area (Å²) < 4.78 is 12.9. The van der Waals surface area contributed by atoms with Gasteiger partial charge in [0.05, 0.1) is 5.41 Å². The predicted molar refractivity (Wildman–Crippen MR) is 62.6 cm³/mol. The Morgan fingerprint density at radius 2 is 1.89 bits per heavy atom. The minimum atomic E-state index is -1.04. The zero-order valence-corrected chi connectivity index (χ0v) is 10.0. The summed E-state index contributed by atoms with van der Waals surface area (Å²) in [5.41, 5.74) is 0.115. The topological polar surface area (TPSA) is 57.6 Å². The smallest absolute Gasteiger partial charge is 0.323 e. The first kappa shape index (κ1) is 12.5. The molecule has 1 fully saturated rings. The van der Waals surface area contributed by atoms with E-state index < -0.39 is 11.4 Å². The highest BCUT2D eigenvalue weighted by Gasteiger charge is 2.52. The standard InChI is InChI=1S/C13H14FNO3/c1-15(8-11(16)17)12(18)13(6-7-13)9-2-4-10(14)5-3-9/h2-5H,6-8H2,1H3,(H,16,17). The maximum absolute atomic E-state index is 12.9. The third-order valence-corrected chi connectivity index (χ3v) is 3.28. The van der Waals surface area contributed by atoms with Gasteiger partial charge in [-0.25, -0.2) is 4.39 Å². The number of nitrogens with zero attached hydrogens (tertiary/aromatic N) is 1. The van der Waals surface area contributed by atoms with E-state index in [1.165, 1.54) is 24.1 Å². The van der Waals surface area contributed by atoms with Crippen molar-refractivity contribution < 1.29 is 19.1 Å². The van der Waals surface area contributed by atoms with E-state index in [0.29, 0.717) is 12.8 Å². The lowest BCUT2D eigenvalue weighted by atomic mass is 9.94. The number of hydrogen-bond donors (Lipinski definition) is 1. The zero-order chi connectivity index (χ0) is 13.3. The van der Waals surface area contributed by atoms with E-state index in [9.17, 15) is 14.0 Å². The van der Waals surface area contributed by atoms with Gasteiger partial charge in [0.15, 0.2) is 0 Å². The molecule has 0 unspecified atom stereocenters. The number of likely N-dealkylation sites (N-methyl/N-ethyl adjacent to an activating group) is 1.